The molecule has 0 radical (unpaired) electrons. The van der Waals surface area contributed by atoms with Crippen LogP contribution in [0, 0.1) is 0 Å². The molecule has 0 saturated heterocycles. The number of carbonyl (C=O) groups is 1. The number of hydrogen-bond donors (Lipinski definition) is 2. The van der Waals surface area contributed by atoms with Gasteiger partial charge in [0, 0.05) is 12.3 Å². The van der Waals surface area contributed by atoms with Gasteiger partial charge in [0.2, 0.25) is 0 Å². The van der Waals surface area contributed by atoms with Crippen LogP contribution in [0.3, 0.4) is 0 Å². The fourth-order valence-corrected chi connectivity index (χ4v) is 1.68. The average molecular weight is 360 g/mol. The summed E-state index contributed by atoms with van der Waals surface area (Å²) in [6, 6.07) is 5.60. The molecule has 1 heterocycles. The van der Waals surface area contributed by atoms with E-state index in [1.54, 1.807) is 0 Å². The van der Waals surface area contributed by atoms with Gasteiger partial charge in [0.15, 0.2) is 19.1 Å². The summed E-state index contributed by atoms with van der Waals surface area (Å²) < 4.78 is 48.5. The Balaban J connectivity index is 1.95. The topological polar surface area (TPSA) is 93.8 Å². The molecular weight excluding hydrogens is 345 g/mol. The lowest BCUT2D eigenvalue weighted by atomic mass is 10.3. The summed E-state index contributed by atoms with van der Waals surface area (Å²) in [4.78, 5) is 11.2. The van der Waals surface area contributed by atoms with Crippen molar-refractivity contribution in [2.24, 2.45) is 0 Å². The van der Waals surface area contributed by atoms with Gasteiger partial charge in [-0.25, -0.2) is 4.68 Å². The molecule has 2 N–H and O–H groups in total. The Bertz CT molecular complexity index is 743. The van der Waals surface area contributed by atoms with E-state index in [4.69, 9.17) is 19.7 Å². The molecule has 1 aromatic heterocycles. The Morgan fingerprint density at radius 3 is 2.44 bits per heavy atom. The largest absolute Gasteiger partial charge is 0.487 e. The first-order valence-electron chi connectivity index (χ1n) is 6.99. The predicted molar refractivity (Wildman–Crippen MR) is 78.0 cm³/mol. The van der Waals surface area contributed by atoms with Crippen LogP contribution < -0.4 is 9.47 Å². The van der Waals surface area contributed by atoms with Gasteiger partial charge in [-0.2, -0.15) is 18.3 Å². The van der Waals surface area contributed by atoms with E-state index < -0.39 is 18.6 Å². The number of carbonyl (C=O) groups excluding carboxylic acids is 1. The number of alkyl halides is 3. The van der Waals surface area contributed by atoms with Crippen molar-refractivity contribution in [1.29, 1.82) is 0 Å². The van der Waals surface area contributed by atoms with E-state index in [9.17, 15) is 18.0 Å². The molecule has 25 heavy (non-hydrogen) atoms. The number of Topliss-reactive ketones (excluding diaryl/α,β-unsaturated/α-hetero) is 1. The second-order valence-electron chi connectivity index (χ2n) is 5.18. The summed E-state index contributed by atoms with van der Waals surface area (Å²) in [5.41, 5.74) is 0.412. The minimum Gasteiger partial charge on any atom is -0.487 e. The number of nitrogens with zero attached hydrogens (tertiary/aromatic N) is 2. The van der Waals surface area contributed by atoms with Crippen molar-refractivity contribution in [3.05, 3.63) is 42.2 Å². The number of aliphatic hydroxyl groups is 2. The number of halogens is 3. The minimum atomic E-state index is -5.24. The van der Waals surface area contributed by atoms with Gasteiger partial charge in [-0.15, -0.1) is 0 Å². The summed E-state index contributed by atoms with van der Waals surface area (Å²) in [5, 5.41) is 21.8. The molecule has 10 heteroatoms. The smallest absolute Gasteiger partial charge is 0.446 e. The Kier molecular flexibility index (Phi) is 5.33. The molecule has 0 spiro atoms. The predicted octanol–water partition coefficient (Wildman–Crippen LogP) is 1.74. The van der Waals surface area contributed by atoms with E-state index in [2.05, 4.69) is 5.10 Å². The Labute approximate surface area is 140 Å². The fourth-order valence-electron chi connectivity index (χ4n) is 1.68. The molecule has 7 nitrogen and oxygen atoms in total. The van der Waals surface area contributed by atoms with Crippen molar-refractivity contribution < 1.29 is 37.7 Å². The third-order valence-electron chi connectivity index (χ3n) is 3.10. The maximum absolute atomic E-state index is 12.3. The summed E-state index contributed by atoms with van der Waals surface area (Å²) in [6.07, 6.45) is -2.38. The van der Waals surface area contributed by atoms with E-state index in [1.165, 1.54) is 48.3 Å². The number of aromatic nitrogens is 2. The third kappa shape index (κ3) is 4.94. The van der Waals surface area contributed by atoms with Crippen molar-refractivity contribution in [1.82, 2.24) is 9.78 Å². The molecule has 0 fully saturated rings. The number of benzene rings is 1. The molecule has 0 amide bonds. The van der Waals surface area contributed by atoms with Gasteiger partial charge in [0.05, 0.1) is 11.8 Å². The van der Waals surface area contributed by atoms with Crippen LogP contribution in [0.15, 0.2) is 36.7 Å². The highest BCUT2D eigenvalue weighted by molar-refractivity contribution is 5.93. The van der Waals surface area contributed by atoms with Gasteiger partial charge in [-0.1, -0.05) is 6.07 Å². The zero-order valence-electron chi connectivity index (χ0n) is 13.0. The normalized spacial score (nSPS) is 12.1. The van der Waals surface area contributed by atoms with Crippen LogP contribution in [0.25, 0.3) is 0 Å². The molecule has 0 atom stereocenters. The molecule has 0 unspecified atom stereocenters. The van der Waals surface area contributed by atoms with Gasteiger partial charge in [-0.3, -0.25) is 4.79 Å². The van der Waals surface area contributed by atoms with Crippen LogP contribution in [0.5, 0.6) is 11.5 Å². The monoisotopic (exact) mass is 360 g/mol. The van der Waals surface area contributed by atoms with Crippen molar-refractivity contribution in [2.45, 2.75) is 25.6 Å². The van der Waals surface area contributed by atoms with Crippen molar-refractivity contribution in [2.75, 3.05) is 6.61 Å². The molecule has 0 aliphatic heterocycles. The second-order valence-corrected chi connectivity index (χ2v) is 5.18. The molecule has 0 bridgehead atoms. The first kappa shape index (κ1) is 18.7. The van der Waals surface area contributed by atoms with Gasteiger partial charge >= 0.3 is 6.18 Å². The number of ketones is 1. The highest BCUT2D eigenvalue weighted by atomic mass is 19.4. The SMILES string of the molecule is CC(=O)c1cnn(COc2cccc(OCC(O)(O)C(F)(F)F)c2)c1. The van der Waals surface area contributed by atoms with Crippen LogP contribution in [-0.4, -0.2) is 44.3 Å². The van der Waals surface area contributed by atoms with E-state index in [1.807, 2.05) is 0 Å². The zero-order chi connectivity index (χ0) is 18.7. The van der Waals surface area contributed by atoms with E-state index >= 15 is 0 Å². The fraction of sp³-hybridized carbons (Fsp3) is 0.333. The van der Waals surface area contributed by atoms with Crippen LogP contribution >= 0.6 is 0 Å². The van der Waals surface area contributed by atoms with Crippen molar-refractivity contribution in [3.63, 3.8) is 0 Å². The standard InChI is InChI=1S/C15H15F3N2O5/c1-10(21)11-6-19-20(7-11)9-25-13-4-2-3-12(5-13)24-8-14(22,23)15(16,17)18/h2-7,22-23H,8-9H2,1H3. The summed E-state index contributed by atoms with van der Waals surface area (Å²) >= 11 is 0. The maximum Gasteiger partial charge on any atom is 0.446 e. The van der Waals surface area contributed by atoms with Gasteiger partial charge in [0.25, 0.3) is 5.79 Å². The molecule has 0 saturated carbocycles. The lowest BCUT2D eigenvalue weighted by molar-refractivity contribution is -0.355. The van der Waals surface area contributed by atoms with Crippen LogP contribution in [-0.2, 0) is 6.73 Å². The van der Waals surface area contributed by atoms with Crippen LogP contribution in [0.2, 0.25) is 0 Å². The zero-order valence-corrected chi connectivity index (χ0v) is 13.0. The molecular formula is C15H15F3N2O5. The van der Waals surface area contributed by atoms with Crippen LogP contribution in [0.1, 0.15) is 17.3 Å². The first-order valence-corrected chi connectivity index (χ1v) is 6.99. The lowest BCUT2D eigenvalue weighted by Gasteiger charge is -2.24. The highest BCUT2D eigenvalue weighted by Gasteiger charge is 2.53. The maximum atomic E-state index is 12.3. The Hall–Kier alpha value is -2.59. The van der Waals surface area contributed by atoms with E-state index in [0.717, 1.165) is 0 Å². The molecule has 2 rings (SSSR count). The number of hydrogen-bond acceptors (Lipinski definition) is 6. The Morgan fingerprint density at radius 2 is 1.88 bits per heavy atom. The average Bonchev–Trinajstić information content (AvgIpc) is 3.00. The van der Waals surface area contributed by atoms with Gasteiger partial charge < -0.3 is 19.7 Å². The summed E-state index contributed by atoms with van der Waals surface area (Å²) in [6.45, 7) is -0.0311. The summed E-state index contributed by atoms with van der Waals surface area (Å²) in [5.74, 6) is -3.89. The third-order valence-corrected chi connectivity index (χ3v) is 3.10. The quantitative estimate of drug-likeness (QED) is 0.577. The first-order chi connectivity index (χ1) is 11.6. The molecule has 0 aliphatic carbocycles. The summed E-state index contributed by atoms with van der Waals surface area (Å²) in [7, 11) is 0. The van der Waals surface area contributed by atoms with Crippen molar-refractivity contribution in [3.8, 4) is 11.5 Å². The lowest BCUT2D eigenvalue weighted by Crippen LogP contribution is -2.49. The van der Waals surface area contributed by atoms with Crippen LogP contribution in [0.4, 0.5) is 13.2 Å². The molecule has 2 aromatic rings. The van der Waals surface area contributed by atoms with E-state index in [0.29, 0.717) is 5.56 Å². The number of rotatable bonds is 7. The van der Waals surface area contributed by atoms with E-state index in [-0.39, 0.29) is 24.0 Å². The second kappa shape index (κ2) is 7.11. The van der Waals surface area contributed by atoms with Crippen molar-refractivity contribution >= 4 is 5.78 Å². The molecule has 1 aromatic carbocycles. The Morgan fingerprint density at radius 1 is 1.24 bits per heavy atom. The van der Waals surface area contributed by atoms with Gasteiger partial charge in [0.1, 0.15) is 11.5 Å². The van der Waals surface area contributed by atoms with Gasteiger partial charge in [-0.05, 0) is 19.1 Å². The molecule has 136 valence electrons. The highest BCUT2D eigenvalue weighted by Crippen LogP contribution is 2.29. The minimum absolute atomic E-state index is 0.0385. The molecule has 0 aliphatic rings. The number of ether oxygens (including phenoxy) is 2.